The van der Waals surface area contributed by atoms with Gasteiger partial charge < -0.3 is 15.4 Å². The molecule has 1 atom stereocenters. The first-order chi connectivity index (χ1) is 9.29. The Morgan fingerprint density at radius 3 is 2.75 bits per heavy atom. The minimum absolute atomic E-state index is 0.0253. The van der Waals surface area contributed by atoms with Crippen LogP contribution >= 0.6 is 0 Å². The van der Waals surface area contributed by atoms with Crippen molar-refractivity contribution in [3.05, 3.63) is 23.4 Å². The number of halogens is 3. The van der Waals surface area contributed by atoms with Gasteiger partial charge in [0.1, 0.15) is 5.82 Å². The molecule has 1 aliphatic heterocycles. The second-order valence-corrected chi connectivity index (χ2v) is 4.51. The van der Waals surface area contributed by atoms with Crippen LogP contribution in [-0.4, -0.2) is 42.9 Å². The Bertz CT molecular complexity index is 519. The van der Waals surface area contributed by atoms with Crippen molar-refractivity contribution in [1.82, 2.24) is 4.98 Å². The zero-order valence-electron chi connectivity index (χ0n) is 10.8. The fourth-order valence-electron chi connectivity index (χ4n) is 2.04. The number of aromatic nitrogens is 1. The number of primary amides is 1. The number of nitrogens with zero attached hydrogens (tertiary/aromatic N) is 2. The maximum atomic E-state index is 12.6. The fraction of sp³-hybridized carbons (Fsp3) is 0.500. The van der Waals surface area contributed by atoms with Gasteiger partial charge in [0, 0.05) is 6.54 Å². The molecule has 0 saturated carbocycles. The first-order valence-electron chi connectivity index (χ1n) is 6.00. The first kappa shape index (κ1) is 14.6. The Morgan fingerprint density at radius 2 is 2.20 bits per heavy atom. The summed E-state index contributed by atoms with van der Waals surface area (Å²) in [6.45, 7) is 1.56. The number of carbonyl (C=O) groups is 1. The van der Waals surface area contributed by atoms with E-state index in [0.29, 0.717) is 18.1 Å². The van der Waals surface area contributed by atoms with Gasteiger partial charge in [-0.15, -0.1) is 0 Å². The molecular weight excluding hydrogens is 275 g/mol. The normalized spacial score (nSPS) is 20.0. The van der Waals surface area contributed by atoms with E-state index in [2.05, 4.69) is 4.98 Å². The lowest BCUT2D eigenvalue weighted by atomic mass is 10.2. The van der Waals surface area contributed by atoms with Crippen LogP contribution in [0.3, 0.4) is 0 Å². The van der Waals surface area contributed by atoms with E-state index in [1.807, 2.05) is 0 Å². The van der Waals surface area contributed by atoms with Gasteiger partial charge in [-0.2, -0.15) is 13.2 Å². The van der Waals surface area contributed by atoms with Gasteiger partial charge in [0.05, 0.1) is 24.4 Å². The molecule has 8 heteroatoms. The Balaban J connectivity index is 2.19. The largest absolute Gasteiger partial charge is 0.416 e. The van der Waals surface area contributed by atoms with Crippen molar-refractivity contribution in [2.45, 2.75) is 19.2 Å². The summed E-state index contributed by atoms with van der Waals surface area (Å²) in [7, 11) is 0. The number of hydrogen-bond acceptors (Lipinski definition) is 4. The number of morpholine rings is 1. The van der Waals surface area contributed by atoms with E-state index in [-0.39, 0.29) is 18.7 Å². The third-order valence-corrected chi connectivity index (χ3v) is 3.09. The van der Waals surface area contributed by atoms with Gasteiger partial charge in [-0.3, -0.25) is 4.79 Å². The summed E-state index contributed by atoms with van der Waals surface area (Å²) >= 11 is 0. The smallest absolute Gasteiger partial charge is 0.366 e. The Hall–Kier alpha value is -1.83. The van der Waals surface area contributed by atoms with Crippen molar-refractivity contribution in [2.75, 3.05) is 24.6 Å². The number of carbonyl (C=O) groups excluding carboxylic acids is 1. The molecule has 2 N–H and O–H groups in total. The molecule has 1 saturated heterocycles. The van der Waals surface area contributed by atoms with E-state index in [0.717, 1.165) is 0 Å². The van der Waals surface area contributed by atoms with Crippen LogP contribution in [0.1, 0.15) is 16.1 Å². The maximum Gasteiger partial charge on any atom is 0.416 e. The molecule has 110 valence electrons. The molecule has 1 aromatic rings. The molecule has 1 aromatic heterocycles. The molecule has 1 amide bonds. The Kier molecular flexibility index (Phi) is 3.85. The van der Waals surface area contributed by atoms with E-state index in [9.17, 15) is 18.0 Å². The zero-order chi connectivity index (χ0) is 14.9. The van der Waals surface area contributed by atoms with Crippen LogP contribution in [0, 0.1) is 6.92 Å². The molecule has 0 aromatic carbocycles. The summed E-state index contributed by atoms with van der Waals surface area (Å²) in [6.07, 6.45) is -6.23. The summed E-state index contributed by atoms with van der Waals surface area (Å²) < 4.78 is 42.7. The summed E-state index contributed by atoms with van der Waals surface area (Å²) in [5.74, 6) is -0.234. The average molecular weight is 289 g/mol. The lowest BCUT2D eigenvalue weighted by Gasteiger charge is -2.34. The molecule has 1 fully saturated rings. The number of nitrogens with two attached hydrogens (primary N) is 1. The number of rotatable bonds is 2. The van der Waals surface area contributed by atoms with Crippen molar-refractivity contribution >= 4 is 11.7 Å². The molecule has 0 spiro atoms. The lowest BCUT2D eigenvalue weighted by molar-refractivity contribution is -0.221. The SMILES string of the molecule is Cc1nc(N2CCOC(C(F)(F)F)C2)ccc1C(N)=O. The van der Waals surface area contributed by atoms with Crippen LogP contribution in [-0.2, 0) is 4.74 Å². The molecular formula is C12H14F3N3O2. The molecule has 2 rings (SSSR count). The summed E-state index contributed by atoms with van der Waals surface area (Å²) in [5.41, 5.74) is 5.81. The quantitative estimate of drug-likeness (QED) is 0.890. The Morgan fingerprint density at radius 1 is 1.50 bits per heavy atom. The van der Waals surface area contributed by atoms with Crippen molar-refractivity contribution in [1.29, 1.82) is 0 Å². The number of hydrogen-bond donors (Lipinski definition) is 1. The predicted octanol–water partition coefficient (Wildman–Crippen LogP) is 1.26. The van der Waals surface area contributed by atoms with Crippen LogP contribution in [0.4, 0.5) is 19.0 Å². The molecule has 0 radical (unpaired) electrons. The third-order valence-electron chi connectivity index (χ3n) is 3.09. The van der Waals surface area contributed by atoms with Crippen molar-refractivity contribution in [3.63, 3.8) is 0 Å². The molecule has 1 aliphatic rings. The molecule has 0 aliphatic carbocycles. The highest BCUT2D eigenvalue weighted by atomic mass is 19.4. The number of anilines is 1. The number of pyridine rings is 1. The molecule has 20 heavy (non-hydrogen) atoms. The standard InChI is InChI=1S/C12H14F3N3O2/c1-7-8(11(16)19)2-3-10(17-7)18-4-5-20-9(6-18)12(13,14)15/h2-3,9H,4-6H2,1H3,(H2,16,19). The fourth-order valence-corrected chi connectivity index (χ4v) is 2.04. The van der Waals surface area contributed by atoms with Gasteiger partial charge in [-0.25, -0.2) is 4.98 Å². The van der Waals surface area contributed by atoms with Gasteiger partial charge in [0.15, 0.2) is 6.10 Å². The van der Waals surface area contributed by atoms with Crippen molar-refractivity contribution in [3.8, 4) is 0 Å². The minimum Gasteiger partial charge on any atom is -0.366 e. The van der Waals surface area contributed by atoms with E-state index in [1.54, 1.807) is 6.92 Å². The Labute approximate surface area is 113 Å². The van der Waals surface area contributed by atoms with Crippen molar-refractivity contribution in [2.24, 2.45) is 5.73 Å². The van der Waals surface area contributed by atoms with E-state index >= 15 is 0 Å². The third kappa shape index (κ3) is 3.01. The average Bonchev–Trinajstić information content (AvgIpc) is 2.37. The highest BCUT2D eigenvalue weighted by molar-refractivity contribution is 5.94. The number of ether oxygens (including phenoxy) is 1. The second-order valence-electron chi connectivity index (χ2n) is 4.51. The number of alkyl halides is 3. The van der Waals surface area contributed by atoms with Crippen LogP contribution in [0.25, 0.3) is 0 Å². The van der Waals surface area contributed by atoms with Gasteiger partial charge in [0.2, 0.25) is 0 Å². The highest BCUT2D eigenvalue weighted by Gasteiger charge is 2.43. The van der Waals surface area contributed by atoms with Crippen LogP contribution in [0.15, 0.2) is 12.1 Å². The van der Waals surface area contributed by atoms with Crippen LogP contribution in [0.5, 0.6) is 0 Å². The summed E-state index contributed by atoms with van der Waals surface area (Å²) in [5, 5.41) is 0. The van der Waals surface area contributed by atoms with Gasteiger partial charge >= 0.3 is 6.18 Å². The first-order valence-corrected chi connectivity index (χ1v) is 6.00. The topological polar surface area (TPSA) is 68.5 Å². The summed E-state index contributed by atoms with van der Waals surface area (Å²) in [6, 6.07) is 2.96. The highest BCUT2D eigenvalue weighted by Crippen LogP contribution is 2.27. The van der Waals surface area contributed by atoms with Gasteiger partial charge in [-0.1, -0.05) is 0 Å². The number of aryl methyl sites for hydroxylation is 1. The number of amides is 1. The van der Waals surface area contributed by atoms with Crippen LogP contribution in [0.2, 0.25) is 0 Å². The molecule has 0 bridgehead atoms. The summed E-state index contributed by atoms with van der Waals surface area (Å²) in [4.78, 5) is 16.7. The van der Waals surface area contributed by atoms with E-state index in [1.165, 1.54) is 17.0 Å². The second kappa shape index (κ2) is 5.28. The van der Waals surface area contributed by atoms with E-state index < -0.39 is 18.2 Å². The zero-order valence-corrected chi connectivity index (χ0v) is 10.8. The molecule has 5 nitrogen and oxygen atoms in total. The minimum atomic E-state index is -4.40. The van der Waals surface area contributed by atoms with Gasteiger partial charge in [0.25, 0.3) is 5.91 Å². The predicted molar refractivity (Wildman–Crippen MR) is 65.5 cm³/mol. The monoisotopic (exact) mass is 289 g/mol. The lowest BCUT2D eigenvalue weighted by Crippen LogP contribution is -2.49. The van der Waals surface area contributed by atoms with Crippen LogP contribution < -0.4 is 10.6 Å². The molecule has 2 heterocycles. The van der Waals surface area contributed by atoms with Gasteiger partial charge in [-0.05, 0) is 19.1 Å². The van der Waals surface area contributed by atoms with Crippen molar-refractivity contribution < 1.29 is 22.7 Å². The molecule has 1 unspecified atom stereocenters. The van der Waals surface area contributed by atoms with E-state index in [4.69, 9.17) is 10.5 Å². The maximum absolute atomic E-state index is 12.6.